The standard InChI is InChI=1S/C15H15ClN4O2S/c16-12-6-11(7-17-8-12)14(21)19-2-1-3-20(5-4-19)15(22)13-9-23-10-18-13/h6-10H,1-5H2. The van der Waals surface area contributed by atoms with Gasteiger partial charge in [-0.3, -0.25) is 14.6 Å². The van der Waals surface area contributed by atoms with Crippen LogP contribution in [0.4, 0.5) is 0 Å². The van der Waals surface area contributed by atoms with Gasteiger partial charge in [-0.05, 0) is 12.5 Å². The Kier molecular flexibility index (Phi) is 4.88. The maximum Gasteiger partial charge on any atom is 0.273 e. The van der Waals surface area contributed by atoms with Crippen molar-refractivity contribution in [2.45, 2.75) is 6.42 Å². The highest BCUT2D eigenvalue weighted by molar-refractivity contribution is 7.07. The molecule has 3 heterocycles. The number of halogens is 1. The fraction of sp³-hybridized carbons (Fsp3) is 0.333. The van der Waals surface area contributed by atoms with E-state index in [0.29, 0.717) is 42.5 Å². The second-order valence-electron chi connectivity index (χ2n) is 5.20. The molecule has 2 amide bonds. The molecule has 0 aliphatic carbocycles. The summed E-state index contributed by atoms with van der Waals surface area (Å²) in [7, 11) is 0. The largest absolute Gasteiger partial charge is 0.337 e. The van der Waals surface area contributed by atoms with Crippen LogP contribution in [0.3, 0.4) is 0 Å². The Balaban J connectivity index is 1.66. The zero-order valence-corrected chi connectivity index (χ0v) is 13.9. The molecule has 2 aromatic heterocycles. The van der Waals surface area contributed by atoms with Crippen LogP contribution in [0, 0.1) is 0 Å². The van der Waals surface area contributed by atoms with Gasteiger partial charge in [0.25, 0.3) is 11.8 Å². The third kappa shape index (κ3) is 3.68. The van der Waals surface area contributed by atoms with Crippen LogP contribution in [0.1, 0.15) is 27.3 Å². The highest BCUT2D eigenvalue weighted by Crippen LogP contribution is 2.14. The van der Waals surface area contributed by atoms with E-state index in [1.807, 2.05) is 0 Å². The number of amides is 2. The number of rotatable bonds is 2. The molecule has 2 aromatic rings. The number of carbonyl (C=O) groups excluding carboxylic acids is 2. The first kappa shape index (κ1) is 15.9. The summed E-state index contributed by atoms with van der Waals surface area (Å²) in [5, 5.41) is 2.18. The summed E-state index contributed by atoms with van der Waals surface area (Å²) in [6.07, 6.45) is 3.74. The molecule has 0 aromatic carbocycles. The smallest absolute Gasteiger partial charge is 0.273 e. The molecule has 0 atom stereocenters. The first-order chi connectivity index (χ1) is 11.1. The van der Waals surface area contributed by atoms with E-state index in [9.17, 15) is 9.59 Å². The van der Waals surface area contributed by atoms with Crippen LogP contribution in [0.25, 0.3) is 0 Å². The third-order valence-corrected chi connectivity index (χ3v) is 4.47. The fourth-order valence-electron chi connectivity index (χ4n) is 2.52. The Hall–Kier alpha value is -1.99. The average Bonchev–Trinajstić information content (AvgIpc) is 2.98. The van der Waals surface area contributed by atoms with E-state index in [-0.39, 0.29) is 11.8 Å². The maximum atomic E-state index is 12.5. The van der Waals surface area contributed by atoms with Gasteiger partial charge in [-0.1, -0.05) is 11.6 Å². The summed E-state index contributed by atoms with van der Waals surface area (Å²) in [6.45, 7) is 2.21. The Labute approximate surface area is 142 Å². The summed E-state index contributed by atoms with van der Waals surface area (Å²) in [5.41, 5.74) is 2.58. The number of aromatic nitrogens is 2. The fourth-order valence-corrected chi connectivity index (χ4v) is 3.21. The van der Waals surface area contributed by atoms with Gasteiger partial charge in [0.15, 0.2) is 0 Å². The van der Waals surface area contributed by atoms with Crippen molar-refractivity contribution in [1.82, 2.24) is 19.8 Å². The van der Waals surface area contributed by atoms with Crippen LogP contribution >= 0.6 is 22.9 Å². The zero-order chi connectivity index (χ0) is 16.2. The molecule has 1 aliphatic heterocycles. The molecule has 0 spiro atoms. The molecule has 0 saturated carbocycles. The van der Waals surface area contributed by atoms with E-state index in [1.54, 1.807) is 26.8 Å². The number of nitrogens with zero attached hydrogens (tertiary/aromatic N) is 4. The molecule has 0 radical (unpaired) electrons. The first-order valence-electron chi connectivity index (χ1n) is 7.22. The van der Waals surface area contributed by atoms with Crippen LogP contribution in [0.2, 0.25) is 5.02 Å². The van der Waals surface area contributed by atoms with E-state index >= 15 is 0 Å². The summed E-state index contributed by atoms with van der Waals surface area (Å²) in [4.78, 5) is 36.4. The number of hydrogen-bond donors (Lipinski definition) is 0. The minimum atomic E-state index is -0.108. The van der Waals surface area contributed by atoms with Gasteiger partial charge in [-0.2, -0.15) is 0 Å². The van der Waals surface area contributed by atoms with Crippen molar-refractivity contribution >= 4 is 34.8 Å². The van der Waals surface area contributed by atoms with Crippen LogP contribution in [0.15, 0.2) is 29.4 Å². The minimum absolute atomic E-state index is 0.0787. The lowest BCUT2D eigenvalue weighted by Gasteiger charge is -2.21. The van der Waals surface area contributed by atoms with Crippen molar-refractivity contribution in [3.63, 3.8) is 0 Å². The molecule has 23 heavy (non-hydrogen) atoms. The first-order valence-corrected chi connectivity index (χ1v) is 8.54. The van der Waals surface area contributed by atoms with Gasteiger partial charge in [0.2, 0.25) is 0 Å². The highest BCUT2D eigenvalue weighted by atomic mass is 35.5. The summed E-state index contributed by atoms with van der Waals surface area (Å²) < 4.78 is 0. The minimum Gasteiger partial charge on any atom is -0.337 e. The van der Waals surface area contributed by atoms with Crippen LogP contribution < -0.4 is 0 Å². The zero-order valence-electron chi connectivity index (χ0n) is 12.3. The van der Waals surface area contributed by atoms with E-state index in [4.69, 9.17) is 11.6 Å². The lowest BCUT2D eigenvalue weighted by atomic mass is 10.2. The summed E-state index contributed by atoms with van der Waals surface area (Å²) >= 11 is 7.29. The van der Waals surface area contributed by atoms with Gasteiger partial charge in [-0.15, -0.1) is 11.3 Å². The molecular weight excluding hydrogens is 336 g/mol. The van der Waals surface area contributed by atoms with Gasteiger partial charge in [-0.25, -0.2) is 4.98 Å². The normalized spacial score (nSPS) is 15.3. The SMILES string of the molecule is O=C(c1cncc(Cl)c1)N1CCCN(C(=O)c2cscn2)CC1. The van der Waals surface area contributed by atoms with E-state index < -0.39 is 0 Å². The molecule has 8 heteroatoms. The van der Waals surface area contributed by atoms with Crippen LogP contribution in [-0.2, 0) is 0 Å². The van der Waals surface area contributed by atoms with Gasteiger partial charge in [0, 0.05) is 44.0 Å². The molecule has 6 nitrogen and oxygen atoms in total. The molecule has 0 unspecified atom stereocenters. The topological polar surface area (TPSA) is 66.4 Å². The number of thiazole rings is 1. The second-order valence-corrected chi connectivity index (χ2v) is 6.36. The number of pyridine rings is 1. The Bertz CT molecular complexity index is 707. The Morgan fingerprint density at radius 1 is 1.09 bits per heavy atom. The van der Waals surface area contributed by atoms with Gasteiger partial charge < -0.3 is 9.80 Å². The van der Waals surface area contributed by atoms with Crippen molar-refractivity contribution in [2.24, 2.45) is 0 Å². The van der Waals surface area contributed by atoms with Gasteiger partial charge in [0.1, 0.15) is 5.69 Å². The Morgan fingerprint density at radius 2 is 1.83 bits per heavy atom. The van der Waals surface area contributed by atoms with Crippen molar-refractivity contribution in [3.8, 4) is 0 Å². The molecule has 0 bridgehead atoms. The van der Waals surface area contributed by atoms with Crippen LogP contribution in [0.5, 0.6) is 0 Å². The summed E-state index contributed by atoms with van der Waals surface area (Å²) in [5.74, 6) is -0.187. The van der Waals surface area contributed by atoms with Crippen LogP contribution in [-0.4, -0.2) is 57.8 Å². The Morgan fingerprint density at radius 3 is 2.48 bits per heavy atom. The van der Waals surface area contributed by atoms with Gasteiger partial charge in [0.05, 0.1) is 16.1 Å². The summed E-state index contributed by atoms with van der Waals surface area (Å²) in [6, 6.07) is 1.61. The molecule has 1 fully saturated rings. The predicted molar refractivity (Wildman–Crippen MR) is 87.8 cm³/mol. The molecular formula is C15H15ClN4O2S. The maximum absolute atomic E-state index is 12.5. The van der Waals surface area contributed by atoms with Crippen molar-refractivity contribution in [3.05, 3.63) is 45.6 Å². The van der Waals surface area contributed by atoms with E-state index in [2.05, 4.69) is 9.97 Å². The lowest BCUT2D eigenvalue weighted by molar-refractivity contribution is 0.0716. The van der Waals surface area contributed by atoms with E-state index in [0.717, 1.165) is 6.42 Å². The van der Waals surface area contributed by atoms with Gasteiger partial charge >= 0.3 is 0 Å². The third-order valence-electron chi connectivity index (χ3n) is 3.67. The number of hydrogen-bond acceptors (Lipinski definition) is 5. The second kappa shape index (κ2) is 7.06. The number of carbonyl (C=O) groups is 2. The van der Waals surface area contributed by atoms with Crippen molar-refractivity contribution < 1.29 is 9.59 Å². The monoisotopic (exact) mass is 350 g/mol. The molecule has 0 N–H and O–H groups in total. The van der Waals surface area contributed by atoms with Crippen molar-refractivity contribution in [2.75, 3.05) is 26.2 Å². The molecule has 1 saturated heterocycles. The molecule has 120 valence electrons. The highest BCUT2D eigenvalue weighted by Gasteiger charge is 2.24. The molecule has 1 aliphatic rings. The molecule has 3 rings (SSSR count). The van der Waals surface area contributed by atoms with E-state index in [1.165, 1.54) is 23.7 Å². The lowest BCUT2D eigenvalue weighted by Crippen LogP contribution is -2.37. The average molecular weight is 351 g/mol. The van der Waals surface area contributed by atoms with Crippen molar-refractivity contribution in [1.29, 1.82) is 0 Å². The quantitative estimate of drug-likeness (QED) is 0.832. The predicted octanol–water partition coefficient (Wildman–Crippen LogP) is 2.18.